The Hall–Kier alpha value is -2.55. The van der Waals surface area contributed by atoms with E-state index in [1.165, 1.54) is 22.5 Å². The Morgan fingerprint density at radius 1 is 1.11 bits per heavy atom. The van der Waals surface area contributed by atoms with Gasteiger partial charge in [0.05, 0.1) is 13.7 Å². The van der Waals surface area contributed by atoms with Crippen LogP contribution in [0.5, 0.6) is 11.5 Å². The minimum Gasteiger partial charge on any atom is -0.497 e. The molecule has 0 saturated carbocycles. The van der Waals surface area contributed by atoms with Crippen LogP contribution in [-0.4, -0.2) is 67.1 Å². The minimum atomic E-state index is -1.00. The number of aromatic carboxylic acids is 1. The number of rotatable bonds is 11. The average Bonchev–Trinajstić information content (AvgIpc) is 3.22. The number of carbonyl (C=O) groups is 1. The molecule has 0 spiro atoms. The normalized spacial score (nSPS) is 14.9. The minimum absolute atomic E-state index is 0.149. The lowest BCUT2D eigenvalue weighted by Gasteiger charge is -2.31. The standard InChI is InChI=1S/C27H33BrN2O5/c1-3-34-14-13-30-18-24(23-16-20(28)4-7-25(23)30)19-8-10-29(11-9-19)12-15-35-26-17-21(33-2)5-6-22(26)27(31)32/h4-7,16-19H,3,8-15H2,1-2H3,(H,31,32). The van der Waals surface area contributed by atoms with Gasteiger partial charge in [0, 0.05) is 47.3 Å². The molecule has 2 heterocycles. The Balaban J connectivity index is 1.36. The van der Waals surface area contributed by atoms with Gasteiger partial charge >= 0.3 is 5.97 Å². The van der Waals surface area contributed by atoms with Crippen LogP contribution in [0, 0.1) is 0 Å². The van der Waals surface area contributed by atoms with E-state index in [0.29, 0.717) is 30.6 Å². The first-order valence-corrected chi connectivity index (χ1v) is 12.9. The molecular weight excluding hydrogens is 512 g/mol. The van der Waals surface area contributed by atoms with Crippen LogP contribution < -0.4 is 9.47 Å². The highest BCUT2D eigenvalue weighted by Gasteiger charge is 2.24. The molecule has 0 atom stereocenters. The van der Waals surface area contributed by atoms with E-state index in [1.54, 1.807) is 19.2 Å². The van der Waals surface area contributed by atoms with Gasteiger partial charge < -0.3 is 23.9 Å². The fourth-order valence-corrected chi connectivity index (χ4v) is 5.15. The Bertz CT molecular complexity index is 1150. The molecule has 1 aliphatic rings. The maximum absolute atomic E-state index is 11.5. The summed E-state index contributed by atoms with van der Waals surface area (Å²) in [6.45, 7) is 7.48. The predicted octanol–water partition coefficient (Wildman–Crippen LogP) is 5.41. The van der Waals surface area contributed by atoms with E-state index in [0.717, 1.165) is 50.1 Å². The number of methoxy groups -OCH3 is 1. The van der Waals surface area contributed by atoms with Crippen LogP contribution >= 0.6 is 15.9 Å². The molecule has 0 bridgehead atoms. The lowest BCUT2D eigenvalue weighted by Crippen LogP contribution is -2.35. The van der Waals surface area contributed by atoms with Crippen molar-refractivity contribution >= 4 is 32.8 Å². The Labute approximate surface area is 214 Å². The van der Waals surface area contributed by atoms with Crippen LogP contribution in [-0.2, 0) is 11.3 Å². The number of fused-ring (bicyclic) bond motifs is 1. The lowest BCUT2D eigenvalue weighted by molar-refractivity contribution is 0.0691. The third kappa shape index (κ3) is 6.18. The zero-order valence-electron chi connectivity index (χ0n) is 20.3. The summed E-state index contributed by atoms with van der Waals surface area (Å²) in [5.41, 5.74) is 2.82. The van der Waals surface area contributed by atoms with E-state index in [-0.39, 0.29) is 5.56 Å². The maximum atomic E-state index is 11.5. The van der Waals surface area contributed by atoms with E-state index < -0.39 is 5.97 Å². The van der Waals surface area contributed by atoms with Crippen molar-refractivity contribution in [2.24, 2.45) is 0 Å². The number of carboxylic acid groups (broad SMARTS) is 1. The van der Waals surface area contributed by atoms with E-state index >= 15 is 0 Å². The fraction of sp³-hybridized carbons (Fsp3) is 0.444. The quantitative estimate of drug-likeness (QED) is 0.325. The second-order valence-electron chi connectivity index (χ2n) is 8.77. The van der Waals surface area contributed by atoms with Crippen molar-refractivity contribution in [1.82, 2.24) is 9.47 Å². The highest BCUT2D eigenvalue weighted by atomic mass is 79.9. The van der Waals surface area contributed by atoms with Crippen molar-refractivity contribution in [2.45, 2.75) is 32.2 Å². The molecule has 1 aromatic heterocycles. The van der Waals surface area contributed by atoms with Gasteiger partial charge in [-0.1, -0.05) is 15.9 Å². The number of ether oxygens (including phenoxy) is 3. The molecule has 3 aromatic rings. The van der Waals surface area contributed by atoms with E-state index in [4.69, 9.17) is 14.2 Å². The van der Waals surface area contributed by atoms with E-state index in [2.05, 4.69) is 49.8 Å². The van der Waals surface area contributed by atoms with Gasteiger partial charge in [-0.05, 0) is 74.7 Å². The predicted molar refractivity (Wildman–Crippen MR) is 140 cm³/mol. The summed E-state index contributed by atoms with van der Waals surface area (Å²) in [7, 11) is 1.55. The number of benzene rings is 2. The fourth-order valence-electron chi connectivity index (χ4n) is 4.79. The molecule has 2 aromatic carbocycles. The van der Waals surface area contributed by atoms with Gasteiger partial charge in [0.1, 0.15) is 23.7 Å². The van der Waals surface area contributed by atoms with Crippen LogP contribution in [0.15, 0.2) is 47.1 Å². The number of nitrogens with zero attached hydrogens (tertiary/aromatic N) is 2. The van der Waals surface area contributed by atoms with Crippen LogP contribution in [0.1, 0.15) is 41.6 Å². The number of likely N-dealkylation sites (tertiary alicyclic amines) is 1. The highest BCUT2D eigenvalue weighted by Crippen LogP contribution is 2.36. The molecule has 188 valence electrons. The SMILES string of the molecule is CCOCCn1cc(C2CCN(CCOc3cc(OC)ccc3C(=O)O)CC2)c2cc(Br)ccc21. The monoisotopic (exact) mass is 544 g/mol. The molecule has 8 heteroatoms. The van der Waals surface area contributed by atoms with Crippen LogP contribution in [0.3, 0.4) is 0 Å². The highest BCUT2D eigenvalue weighted by molar-refractivity contribution is 9.10. The van der Waals surface area contributed by atoms with Gasteiger partial charge in [-0.25, -0.2) is 4.79 Å². The van der Waals surface area contributed by atoms with Crippen molar-refractivity contribution in [2.75, 3.05) is 46.6 Å². The third-order valence-corrected chi connectivity index (χ3v) is 7.16. The number of aromatic nitrogens is 1. The summed E-state index contributed by atoms with van der Waals surface area (Å²) >= 11 is 3.64. The summed E-state index contributed by atoms with van der Waals surface area (Å²) in [5.74, 6) is 0.430. The number of hydrogen-bond donors (Lipinski definition) is 1. The summed E-state index contributed by atoms with van der Waals surface area (Å²) in [5, 5.41) is 10.7. The van der Waals surface area contributed by atoms with Gasteiger partial charge in [-0.15, -0.1) is 0 Å². The Morgan fingerprint density at radius 2 is 1.91 bits per heavy atom. The summed E-state index contributed by atoms with van der Waals surface area (Å²) < 4.78 is 20.1. The summed E-state index contributed by atoms with van der Waals surface area (Å²) in [6.07, 6.45) is 4.48. The summed E-state index contributed by atoms with van der Waals surface area (Å²) in [4.78, 5) is 13.9. The second kappa shape index (κ2) is 11.9. The molecule has 35 heavy (non-hydrogen) atoms. The molecule has 1 fully saturated rings. The van der Waals surface area contributed by atoms with Crippen molar-refractivity contribution in [1.29, 1.82) is 0 Å². The van der Waals surface area contributed by atoms with Crippen LogP contribution in [0.2, 0.25) is 0 Å². The maximum Gasteiger partial charge on any atom is 0.339 e. The number of carboxylic acids is 1. The molecule has 0 aliphatic carbocycles. The molecule has 0 unspecified atom stereocenters. The van der Waals surface area contributed by atoms with Gasteiger partial charge in [-0.3, -0.25) is 4.90 Å². The zero-order valence-corrected chi connectivity index (χ0v) is 21.9. The van der Waals surface area contributed by atoms with Crippen molar-refractivity contribution in [3.63, 3.8) is 0 Å². The Morgan fingerprint density at radius 3 is 2.63 bits per heavy atom. The van der Waals surface area contributed by atoms with Crippen molar-refractivity contribution in [3.05, 3.63) is 58.2 Å². The first-order valence-electron chi connectivity index (χ1n) is 12.1. The first kappa shape index (κ1) is 25.5. The first-order chi connectivity index (χ1) is 17.0. The van der Waals surface area contributed by atoms with E-state index in [9.17, 15) is 9.90 Å². The van der Waals surface area contributed by atoms with Gasteiger partial charge in [0.15, 0.2) is 0 Å². The van der Waals surface area contributed by atoms with Gasteiger partial charge in [0.2, 0.25) is 0 Å². The van der Waals surface area contributed by atoms with Crippen molar-refractivity contribution < 1.29 is 24.1 Å². The van der Waals surface area contributed by atoms with Crippen LogP contribution in [0.25, 0.3) is 10.9 Å². The number of hydrogen-bond acceptors (Lipinski definition) is 5. The molecule has 4 rings (SSSR count). The van der Waals surface area contributed by atoms with Crippen molar-refractivity contribution in [3.8, 4) is 11.5 Å². The van der Waals surface area contributed by atoms with Gasteiger partial charge in [0.25, 0.3) is 0 Å². The molecule has 0 radical (unpaired) electrons. The second-order valence-corrected chi connectivity index (χ2v) is 9.68. The molecular formula is C27H33BrN2O5. The molecule has 7 nitrogen and oxygen atoms in total. The smallest absolute Gasteiger partial charge is 0.339 e. The zero-order chi connectivity index (χ0) is 24.8. The molecule has 0 amide bonds. The van der Waals surface area contributed by atoms with Crippen LogP contribution in [0.4, 0.5) is 0 Å². The third-order valence-electron chi connectivity index (χ3n) is 6.67. The largest absolute Gasteiger partial charge is 0.497 e. The average molecular weight is 545 g/mol. The molecule has 1 N–H and O–H groups in total. The Kier molecular flexibility index (Phi) is 8.70. The molecule has 1 saturated heterocycles. The van der Waals surface area contributed by atoms with Gasteiger partial charge in [-0.2, -0.15) is 0 Å². The molecule has 1 aliphatic heterocycles. The summed E-state index contributed by atoms with van der Waals surface area (Å²) in [6, 6.07) is 11.3. The number of piperidine rings is 1. The van der Waals surface area contributed by atoms with E-state index in [1.807, 2.05) is 6.92 Å². The lowest BCUT2D eigenvalue weighted by atomic mass is 9.89. The number of halogens is 1. The topological polar surface area (TPSA) is 73.2 Å².